The van der Waals surface area contributed by atoms with Crippen molar-refractivity contribution in [3.8, 4) is 6.08 Å². The molecule has 1 aliphatic heterocycles. The Labute approximate surface area is 75.3 Å². The summed E-state index contributed by atoms with van der Waals surface area (Å²) in [6, 6.07) is 0. The number of ether oxygens (including phenoxy) is 2. The molecule has 0 saturated carbocycles. The highest BCUT2D eigenvalue weighted by Gasteiger charge is 2.19. The lowest BCUT2D eigenvalue weighted by Gasteiger charge is -2.05. The van der Waals surface area contributed by atoms with Crippen LogP contribution >= 0.6 is 0 Å². The van der Waals surface area contributed by atoms with Gasteiger partial charge in [0.05, 0.1) is 19.8 Å². The molecule has 2 rings (SSSR count). The summed E-state index contributed by atoms with van der Waals surface area (Å²) in [5.74, 6) is 0. The highest BCUT2D eigenvalue weighted by Crippen LogP contribution is 2.15. The summed E-state index contributed by atoms with van der Waals surface area (Å²) in [7, 11) is 0. The molecule has 13 heavy (non-hydrogen) atoms. The van der Waals surface area contributed by atoms with Gasteiger partial charge in [0.2, 0.25) is 0 Å². The Hall–Kier alpha value is -1.07. The topological polar surface area (TPSA) is 64.7 Å². The van der Waals surface area contributed by atoms with Crippen LogP contribution in [0.15, 0.2) is 10.7 Å². The fourth-order valence-electron chi connectivity index (χ4n) is 1.16. The average molecular weight is 185 g/mol. The highest BCUT2D eigenvalue weighted by atomic mass is 16.6. The zero-order valence-electron chi connectivity index (χ0n) is 7.10. The van der Waals surface area contributed by atoms with E-state index in [-0.39, 0.29) is 18.8 Å². The number of nitrogens with zero attached hydrogens (tertiary/aromatic N) is 1. The molecular formula is C8H11NO4. The molecule has 1 saturated heterocycles. The Bertz CT molecular complexity index is 267. The average Bonchev–Trinajstić information content (AvgIpc) is 2.76. The molecule has 1 aliphatic rings. The summed E-state index contributed by atoms with van der Waals surface area (Å²) in [5.41, 5.74) is 0.480. The minimum atomic E-state index is -0.131. The van der Waals surface area contributed by atoms with Gasteiger partial charge >= 0.3 is 6.08 Å². The number of hydrogen-bond donors (Lipinski definition) is 1. The van der Waals surface area contributed by atoms with Crippen molar-refractivity contribution in [2.24, 2.45) is 0 Å². The Morgan fingerprint density at radius 2 is 2.62 bits per heavy atom. The molecule has 1 aromatic heterocycles. The smallest absolute Gasteiger partial charge is 0.394 e. The molecule has 1 unspecified atom stereocenters. The lowest BCUT2D eigenvalue weighted by molar-refractivity contribution is 0.115. The van der Waals surface area contributed by atoms with Gasteiger partial charge in [0.1, 0.15) is 18.1 Å². The van der Waals surface area contributed by atoms with Gasteiger partial charge in [0.15, 0.2) is 0 Å². The van der Waals surface area contributed by atoms with E-state index >= 15 is 0 Å². The first-order valence-corrected chi connectivity index (χ1v) is 4.18. The van der Waals surface area contributed by atoms with Crippen LogP contribution in [0.25, 0.3) is 0 Å². The number of aromatic nitrogens is 1. The molecular weight excluding hydrogens is 174 g/mol. The predicted molar refractivity (Wildman–Crippen MR) is 42.3 cm³/mol. The van der Waals surface area contributed by atoms with Crippen molar-refractivity contribution in [2.75, 3.05) is 13.2 Å². The molecule has 0 aromatic carbocycles. The van der Waals surface area contributed by atoms with Crippen molar-refractivity contribution in [3.63, 3.8) is 0 Å². The molecule has 5 heteroatoms. The van der Waals surface area contributed by atoms with Gasteiger partial charge in [-0.25, -0.2) is 0 Å². The maximum Gasteiger partial charge on any atom is 0.394 e. The quantitative estimate of drug-likeness (QED) is 0.735. The number of hydrogen-bond acceptors (Lipinski definition) is 5. The standard InChI is InChI=1S/C8H11NO4/c10-3-6-4-12-8(9-6)13-7-1-2-11-5-7/h4,7,10H,1-3,5H2. The van der Waals surface area contributed by atoms with Gasteiger partial charge < -0.3 is 19.0 Å². The third-order valence-electron chi connectivity index (χ3n) is 1.85. The molecule has 5 nitrogen and oxygen atoms in total. The van der Waals surface area contributed by atoms with Crippen LogP contribution in [-0.4, -0.2) is 29.4 Å². The Morgan fingerprint density at radius 3 is 3.23 bits per heavy atom. The van der Waals surface area contributed by atoms with Gasteiger partial charge in [-0.2, -0.15) is 4.98 Å². The zero-order chi connectivity index (χ0) is 9.10. The second-order valence-corrected chi connectivity index (χ2v) is 2.87. The van der Waals surface area contributed by atoms with E-state index in [0.29, 0.717) is 12.3 Å². The van der Waals surface area contributed by atoms with Crippen LogP contribution in [0, 0.1) is 0 Å². The Kier molecular flexibility index (Phi) is 2.47. The van der Waals surface area contributed by atoms with E-state index < -0.39 is 0 Å². The second kappa shape index (κ2) is 3.76. The monoisotopic (exact) mass is 185 g/mol. The molecule has 1 fully saturated rings. The van der Waals surface area contributed by atoms with Crippen molar-refractivity contribution in [3.05, 3.63) is 12.0 Å². The summed E-state index contributed by atoms with van der Waals surface area (Å²) < 4.78 is 15.4. The third kappa shape index (κ3) is 1.99. The van der Waals surface area contributed by atoms with E-state index in [1.54, 1.807) is 0 Å². The molecule has 2 heterocycles. The van der Waals surface area contributed by atoms with Gasteiger partial charge in [0, 0.05) is 6.42 Å². The summed E-state index contributed by atoms with van der Waals surface area (Å²) in [6.45, 7) is 1.17. The van der Waals surface area contributed by atoms with Crippen molar-refractivity contribution in [2.45, 2.75) is 19.1 Å². The third-order valence-corrected chi connectivity index (χ3v) is 1.85. The predicted octanol–water partition coefficient (Wildman–Crippen LogP) is 0.335. The van der Waals surface area contributed by atoms with Crippen molar-refractivity contribution < 1.29 is 19.0 Å². The number of aliphatic hydroxyl groups excluding tert-OH is 1. The normalized spacial score (nSPS) is 22.1. The Balaban J connectivity index is 1.92. The van der Waals surface area contributed by atoms with Crippen LogP contribution in [0.2, 0.25) is 0 Å². The van der Waals surface area contributed by atoms with E-state index in [2.05, 4.69) is 4.98 Å². The molecule has 1 aromatic rings. The number of aliphatic hydroxyl groups is 1. The largest absolute Gasteiger partial charge is 0.444 e. The molecule has 0 aliphatic carbocycles. The molecule has 0 bridgehead atoms. The lowest BCUT2D eigenvalue weighted by Crippen LogP contribution is -2.15. The van der Waals surface area contributed by atoms with Crippen molar-refractivity contribution >= 4 is 0 Å². The first kappa shape index (κ1) is 8.52. The van der Waals surface area contributed by atoms with Crippen LogP contribution in [0.4, 0.5) is 0 Å². The minimum Gasteiger partial charge on any atom is -0.444 e. The zero-order valence-corrected chi connectivity index (χ0v) is 7.10. The van der Waals surface area contributed by atoms with E-state index in [0.717, 1.165) is 13.0 Å². The summed E-state index contributed by atoms with van der Waals surface area (Å²) in [5, 5.41) is 8.71. The van der Waals surface area contributed by atoms with Crippen molar-refractivity contribution in [1.82, 2.24) is 4.98 Å². The summed E-state index contributed by atoms with van der Waals surface area (Å²) in [6.07, 6.45) is 2.48. The molecule has 72 valence electrons. The maximum absolute atomic E-state index is 8.71. The van der Waals surface area contributed by atoms with E-state index in [4.69, 9.17) is 19.0 Å². The lowest BCUT2D eigenvalue weighted by atomic mass is 10.3. The number of rotatable bonds is 3. The maximum atomic E-state index is 8.71. The molecule has 0 radical (unpaired) electrons. The second-order valence-electron chi connectivity index (χ2n) is 2.87. The van der Waals surface area contributed by atoms with Crippen LogP contribution < -0.4 is 4.74 Å². The van der Waals surface area contributed by atoms with Gasteiger partial charge in [0.25, 0.3) is 0 Å². The minimum absolute atomic E-state index is 0.0326. The van der Waals surface area contributed by atoms with Crippen molar-refractivity contribution in [1.29, 1.82) is 0 Å². The first-order valence-electron chi connectivity index (χ1n) is 4.18. The van der Waals surface area contributed by atoms with E-state index in [9.17, 15) is 0 Å². The van der Waals surface area contributed by atoms with Gasteiger partial charge in [-0.15, -0.1) is 0 Å². The fraction of sp³-hybridized carbons (Fsp3) is 0.625. The molecule has 1 atom stereocenters. The molecule has 0 spiro atoms. The van der Waals surface area contributed by atoms with Crippen LogP contribution in [0.1, 0.15) is 12.1 Å². The van der Waals surface area contributed by atoms with E-state index in [1.165, 1.54) is 6.26 Å². The van der Waals surface area contributed by atoms with Gasteiger partial charge in [-0.3, -0.25) is 0 Å². The van der Waals surface area contributed by atoms with Gasteiger partial charge in [-0.05, 0) is 0 Å². The Morgan fingerprint density at radius 1 is 1.69 bits per heavy atom. The van der Waals surface area contributed by atoms with Gasteiger partial charge in [-0.1, -0.05) is 0 Å². The fourth-order valence-corrected chi connectivity index (χ4v) is 1.16. The number of oxazole rings is 1. The summed E-state index contributed by atoms with van der Waals surface area (Å²) >= 11 is 0. The molecule has 1 N–H and O–H groups in total. The first-order chi connectivity index (χ1) is 6.38. The van der Waals surface area contributed by atoms with Crippen LogP contribution in [0.3, 0.4) is 0 Å². The van der Waals surface area contributed by atoms with Crippen LogP contribution in [0.5, 0.6) is 6.08 Å². The van der Waals surface area contributed by atoms with E-state index in [1.807, 2.05) is 0 Å². The SMILES string of the molecule is OCc1coc(OC2CCOC2)n1. The summed E-state index contributed by atoms with van der Waals surface area (Å²) in [4.78, 5) is 3.90. The van der Waals surface area contributed by atoms with Crippen LogP contribution in [-0.2, 0) is 11.3 Å². The molecule has 0 amide bonds. The highest BCUT2D eigenvalue weighted by molar-refractivity contribution is 4.98.